The maximum absolute atomic E-state index is 10.2. The second-order valence-corrected chi connectivity index (χ2v) is 52.0. The van der Waals surface area contributed by atoms with Crippen molar-refractivity contribution in [1.29, 1.82) is 0 Å². The Labute approximate surface area is 872 Å². The molecule has 0 atom stereocenters. The van der Waals surface area contributed by atoms with Crippen LogP contribution in [0.1, 0.15) is 407 Å². The van der Waals surface area contributed by atoms with Crippen LogP contribution in [0, 0.1) is 44.4 Å². The molecule has 0 unspecified atom stereocenters. The number of aryl methyl sites for hydroxylation is 4. The molecule has 0 aliphatic carbocycles. The first-order valence-corrected chi connectivity index (χ1v) is 51.4. The molecule has 4 heterocycles. The van der Waals surface area contributed by atoms with Crippen LogP contribution in [0.25, 0.3) is 21.7 Å². The van der Waals surface area contributed by atoms with Gasteiger partial charge in [-0.3, -0.25) is 19.7 Å². The maximum atomic E-state index is 10.2. The van der Waals surface area contributed by atoms with Crippen LogP contribution in [-0.2, 0) is 64.4 Å². The number of fused-ring (bicyclic) bond motifs is 2. The SMILES string of the molecule is C.CC(C)(C)CC(N)=O.CC(C)(C)c1c[nH]c2ccccc12.CC(C)(C)c1ccccc1.CC(C)(C)c1ccccn1.CC(C)(C)c1cccnc1.CC(C)(C)c1ccncc1.CC(C)C(C)(C)C.CC(C)c1cccc(C(C)(C)C)c1.COc1cccc(C(C)(C)C)c1.Cc1ccc2cc(C(C)(C)C)ccc2c1.Cc1cccc(C(C)(C)C)c1.Cc1cccc(C(C)(C)C)c1.Cc1cccc(C(C)(C)C)c1. The first kappa shape index (κ1) is 132. The standard InChI is InChI=1S/C15H18.C13H20.C12H15N.C11H16O.3C11H16.C10H14.3C9H13N.C7H16.C6H13NO.CH4/c1-11-5-6-13-10-14(15(2,3)4)8-7-12(13)9-11;1-10(2)11-7-6-8-12(9-11)13(3,4)5;1-12(2,3)10-8-13-11-7-5-4-6-9(10)11;1-11(2,3)9-6-5-7-10(8-9)12-4;3*1-9-6-5-7-10(8-9)11(2,3)4;1-10(2,3)9-7-5-4-6-8-9;1-9(2,3)8-4-6-10-7-5-8;1-9(2,3)8-5-4-6-10-7-8;1-9(2,3)8-6-4-5-7-10-8;1-6(2)7(3,4)5;1-6(2,3)4-5(7)8;/h5-10H,1-4H3;6-10H,1-5H3;4-8,13H,1-3H3;5-8H,1-4H3;3*5-8H,1-4H3;4-8H,1-3H3;3*4-7H,1-3H3;6H,1-5H3;4H2,1-3H3,(H2,7,8);1H4. The highest BCUT2D eigenvalue weighted by Gasteiger charge is 2.23. The number of nitrogens with one attached hydrogen (secondary N) is 1. The Morgan fingerprint density at radius 2 is 0.669 bits per heavy atom. The molecule has 0 saturated carbocycles. The van der Waals surface area contributed by atoms with E-state index in [1.807, 2.05) is 75.9 Å². The van der Waals surface area contributed by atoms with E-state index in [-0.39, 0.29) is 72.9 Å². The second-order valence-electron chi connectivity index (χ2n) is 52.0. The minimum absolute atomic E-state index is 0. The summed E-state index contributed by atoms with van der Waals surface area (Å²) in [5, 5.41) is 4.02. The van der Waals surface area contributed by atoms with Gasteiger partial charge in [0.15, 0.2) is 0 Å². The van der Waals surface area contributed by atoms with Crippen molar-refractivity contribution < 1.29 is 9.53 Å². The number of para-hydroxylation sites is 1. The molecule has 0 radical (unpaired) electrons. The summed E-state index contributed by atoms with van der Waals surface area (Å²) in [4.78, 5) is 25.8. The lowest BCUT2D eigenvalue weighted by Crippen LogP contribution is -2.19. The van der Waals surface area contributed by atoms with E-state index >= 15 is 0 Å². The van der Waals surface area contributed by atoms with Crippen LogP contribution in [0.2, 0.25) is 0 Å². The highest BCUT2D eigenvalue weighted by molar-refractivity contribution is 5.85. The third kappa shape index (κ3) is 55.4. The number of hydrogen-bond donors (Lipinski definition) is 2. The smallest absolute Gasteiger partial charge is 0.217 e. The summed E-state index contributed by atoms with van der Waals surface area (Å²) in [5.41, 5.74) is 31.2. The number of ether oxygens (including phenoxy) is 1. The summed E-state index contributed by atoms with van der Waals surface area (Å²) < 4.78 is 5.15. The zero-order valence-corrected chi connectivity index (χ0v) is 98.3. The number of amides is 1. The number of nitrogens with zero attached hydrogens (tertiary/aromatic N) is 3. The first-order chi connectivity index (χ1) is 64.3. The Morgan fingerprint density at radius 1 is 0.317 bits per heavy atom. The molecule has 0 bridgehead atoms. The Morgan fingerprint density at radius 3 is 0.986 bits per heavy atom. The van der Waals surface area contributed by atoms with Gasteiger partial charge in [0.25, 0.3) is 0 Å². The van der Waals surface area contributed by atoms with E-state index < -0.39 is 0 Å². The zero-order chi connectivity index (χ0) is 109. The van der Waals surface area contributed by atoms with Crippen LogP contribution >= 0.6 is 0 Å². The fourth-order valence-electron chi connectivity index (χ4n) is 13.2. The zero-order valence-electron chi connectivity index (χ0n) is 98.3. The van der Waals surface area contributed by atoms with Crippen molar-refractivity contribution in [3.05, 3.63) is 381 Å². The summed E-state index contributed by atoms with van der Waals surface area (Å²) >= 11 is 0. The van der Waals surface area contributed by atoms with E-state index in [9.17, 15) is 4.79 Å². The molecule has 9 aromatic carbocycles. The number of carbonyl (C=O) groups excluding carboxylic acids is 1. The molecule has 7 nitrogen and oxygen atoms in total. The first-order valence-electron chi connectivity index (χ1n) is 51.4. The van der Waals surface area contributed by atoms with Crippen LogP contribution in [0.3, 0.4) is 0 Å². The van der Waals surface area contributed by atoms with Gasteiger partial charge in [0.1, 0.15) is 5.75 Å². The number of benzene rings is 9. The molecule has 4 aromatic heterocycles. The fraction of sp³-hybridized carbons (Fsp3) is 0.481. The number of pyridine rings is 3. The molecule has 13 rings (SSSR count). The third-order valence-corrected chi connectivity index (χ3v) is 23.9. The predicted octanol–water partition coefficient (Wildman–Crippen LogP) is 39.2. The Kier molecular flexibility index (Phi) is 54.1. The normalized spacial score (nSPS) is 11.7. The van der Waals surface area contributed by atoms with E-state index in [0.717, 1.165) is 17.4 Å². The Hall–Kier alpha value is -10.5. The minimum Gasteiger partial charge on any atom is -0.497 e. The molecule has 1 amide bonds. The van der Waals surface area contributed by atoms with Crippen molar-refractivity contribution >= 4 is 27.6 Å². The van der Waals surface area contributed by atoms with E-state index in [1.54, 1.807) is 13.3 Å². The van der Waals surface area contributed by atoms with Gasteiger partial charge in [-0.1, -0.05) is 534 Å². The van der Waals surface area contributed by atoms with Gasteiger partial charge in [-0.2, -0.15) is 0 Å². The molecule has 13 aromatic rings. The molecular weight excluding hydrogens is 1720 g/mol. The number of nitrogens with two attached hydrogens (primary N) is 1. The average Bonchev–Trinajstić information content (AvgIpc) is 1.43. The lowest BCUT2D eigenvalue weighted by Gasteiger charge is -2.22. The third-order valence-electron chi connectivity index (χ3n) is 23.9. The largest absolute Gasteiger partial charge is 0.497 e. The van der Waals surface area contributed by atoms with Crippen LogP contribution < -0.4 is 10.5 Å². The van der Waals surface area contributed by atoms with Gasteiger partial charge < -0.3 is 15.5 Å². The number of primary amides is 1. The highest BCUT2D eigenvalue weighted by atomic mass is 16.5. The van der Waals surface area contributed by atoms with Gasteiger partial charge in [-0.15, -0.1) is 0 Å². The molecule has 0 saturated heterocycles. The number of methoxy groups -OCH3 is 1. The minimum atomic E-state index is -0.225. The Balaban J connectivity index is 0.00000152. The van der Waals surface area contributed by atoms with E-state index in [0.29, 0.717) is 23.2 Å². The Bertz CT molecular complexity index is 5310. The number of aromatic nitrogens is 4. The van der Waals surface area contributed by atoms with Gasteiger partial charge in [-0.25, -0.2) is 0 Å². The number of H-pyrrole nitrogens is 1. The van der Waals surface area contributed by atoms with Crippen LogP contribution in [0.15, 0.2) is 292 Å². The van der Waals surface area contributed by atoms with E-state index in [1.165, 1.54) is 105 Å². The second kappa shape index (κ2) is 58.5. The highest BCUT2D eigenvalue weighted by Crippen LogP contribution is 2.34. The average molecular weight is 1930 g/mol. The molecule has 0 aliphatic heterocycles. The van der Waals surface area contributed by atoms with E-state index in [2.05, 4.69) is 555 Å². The topological polar surface area (TPSA) is 107 Å². The van der Waals surface area contributed by atoms with E-state index in [4.69, 9.17) is 10.5 Å². The number of rotatable bonds is 3. The van der Waals surface area contributed by atoms with Crippen LogP contribution in [0.4, 0.5) is 0 Å². The molecule has 0 fully saturated rings. The monoisotopic (exact) mass is 1930 g/mol. The van der Waals surface area contributed by atoms with Gasteiger partial charge in [0.2, 0.25) is 5.91 Å². The van der Waals surface area contributed by atoms with Crippen LogP contribution in [0.5, 0.6) is 5.75 Å². The van der Waals surface area contributed by atoms with Crippen molar-refractivity contribution in [2.45, 2.75) is 405 Å². The molecule has 780 valence electrons. The van der Waals surface area contributed by atoms with Gasteiger partial charge in [0, 0.05) is 65.6 Å². The molecule has 0 aliphatic rings. The molecule has 142 heavy (non-hydrogen) atoms. The summed E-state index contributed by atoms with van der Waals surface area (Å²) in [6, 6.07) is 89.8. The summed E-state index contributed by atoms with van der Waals surface area (Å²) in [6.45, 7) is 104. The quantitative estimate of drug-likeness (QED) is 0.183. The van der Waals surface area contributed by atoms with Crippen molar-refractivity contribution in [2.24, 2.45) is 22.5 Å². The molecule has 0 spiro atoms. The van der Waals surface area contributed by atoms with Crippen molar-refractivity contribution in [3.63, 3.8) is 0 Å². The molecule has 3 N–H and O–H groups in total. The summed E-state index contributed by atoms with van der Waals surface area (Å²) in [7, 11) is 1.70. The number of aromatic amines is 1. The van der Waals surface area contributed by atoms with Crippen molar-refractivity contribution in [2.75, 3.05) is 7.11 Å². The summed E-state index contributed by atoms with van der Waals surface area (Å²) in [5.74, 6) is 2.13. The molecular formula is C135H203N5O2. The lowest BCUT2D eigenvalue weighted by molar-refractivity contribution is -0.119. The lowest BCUT2D eigenvalue weighted by atomic mass is 9.84. The maximum Gasteiger partial charge on any atom is 0.217 e. The van der Waals surface area contributed by atoms with Crippen molar-refractivity contribution in [1.82, 2.24) is 19.9 Å². The summed E-state index contributed by atoms with van der Waals surface area (Å²) in [6.07, 6.45) is 11.8. The van der Waals surface area contributed by atoms with Gasteiger partial charge >= 0.3 is 0 Å². The number of hydrogen-bond acceptors (Lipinski definition) is 5. The predicted molar refractivity (Wildman–Crippen MR) is 633 cm³/mol. The fourth-order valence-corrected chi connectivity index (χ4v) is 13.2. The van der Waals surface area contributed by atoms with Gasteiger partial charge in [0.05, 0.1) is 7.11 Å². The number of carbonyl (C=O) groups is 1. The van der Waals surface area contributed by atoms with Gasteiger partial charge in [-0.05, 0) is 225 Å². The molecule has 7 heteroatoms. The van der Waals surface area contributed by atoms with Crippen LogP contribution in [-0.4, -0.2) is 33.0 Å². The van der Waals surface area contributed by atoms with Crippen molar-refractivity contribution in [3.8, 4) is 5.75 Å².